The number of ether oxygens (including phenoxy) is 7. The molecule has 2 saturated heterocycles. The smallest absolute Gasteiger partial charge is 0.231 e. The molecule has 226 valence electrons. The van der Waals surface area contributed by atoms with Gasteiger partial charge in [0.1, 0.15) is 48.8 Å². The van der Waals surface area contributed by atoms with E-state index in [0.29, 0.717) is 41.9 Å². The highest BCUT2D eigenvalue weighted by atomic mass is 16.7. The second-order valence-corrected chi connectivity index (χ2v) is 10.9. The van der Waals surface area contributed by atoms with E-state index in [1.165, 1.54) is 6.26 Å². The maximum Gasteiger partial charge on any atom is 0.231 e. The third-order valence-corrected chi connectivity index (χ3v) is 8.26. The Hall–Kier alpha value is -2.37. The van der Waals surface area contributed by atoms with E-state index in [9.17, 15) is 35.4 Å². The predicted molar refractivity (Wildman–Crippen MR) is 133 cm³/mol. The highest BCUT2D eigenvalue weighted by molar-refractivity contribution is 6.22. The normalized spacial score (nSPS) is 42.3. The third kappa shape index (κ3) is 5.57. The maximum absolute atomic E-state index is 13.3. The van der Waals surface area contributed by atoms with Crippen molar-refractivity contribution in [3.8, 4) is 11.5 Å². The Labute approximate surface area is 234 Å². The van der Waals surface area contributed by atoms with E-state index < -0.39 is 67.5 Å². The fraction of sp³-hybridized carbons (Fsp3) is 0.667. The Morgan fingerprint density at radius 2 is 1.66 bits per heavy atom. The average molecular weight is 583 g/mol. The molecular formula is C27H34O14. The van der Waals surface area contributed by atoms with E-state index in [-0.39, 0.29) is 31.7 Å². The summed E-state index contributed by atoms with van der Waals surface area (Å²) in [6.07, 6.45) is -11.1. The van der Waals surface area contributed by atoms with E-state index >= 15 is 0 Å². The first-order valence-corrected chi connectivity index (χ1v) is 13.6. The molecule has 14 heteroatoms. The minimum Gasteiger partial charge on any atom is -0.496 e. The van der Waals surface area contributed by atoms with Crippen LogP contribution in [0.15, 0.2) is 24.5 Å². The van der Waals surface area contributed by atoms with Crippen LogP contribution in [0.25, 0.3) is 5.57 Å². The summed E-state index contributed by atoms with van der Waals surface area (Å²) < 4.78 is 39.1. The molecule has 4 aliphatic heterocycles. The second kappa shape index (κ2) is 11.7. The molecule has 3 fully saturated rings. The number of benzene rings is 1. The van der Waals surface area contributed by atoms with Crippen LogP contribution in [0.2, 0.25) is 0 Å². The molecule has 1 aromatic rings. The van der Waals surface area contributed by atoms with Crippen molar-refractivity contribution in [2.45, 2.75) is 86.8 Å². The number of ketones is 1. The van der Waals surface area contributed by atoms with Gasteiger partial charge in [0.2, 0.25) is 6.79 Å². The number of allylic oxidation sites excluding steroid dienone is 1. The van der Waals surface area contributed by atoms with Crippen LogP contribution in [0.3, 0.4) is 0 Å². The van der Waals surface area contributed by atoms with Crippen LogP contribution in [0.1, 0.15) is 24.8 Å². The van der Waals surface area contributed by atoms with Gasteiger partial charge in [0, 0.05) is 6.42 Å². The molecule has 6 rings (SSSR count). The Kier molecular flexibility index (Phi) is 8.22. The number of carbonyl (C=O) groups is 1. The molecule has 0 aromatic heterocycles. The topological polar surface area (TPSA) is 203 Å². The third-order valence-electron chi connectivity index (χ3n) is 8.26. The summed E-state index contributed by atoms with van der Waals surface area (Å²) in [7, 11) is 0. The zero-order valence-electron chi connectivity index (χ0n) is 21.9. The van der Waals surface area contributed by atoms with Crippen LogP contribution >= 0.6 is 0 Å². The van der Waals surface area contributed by atoms with Crippen molar-refractivity contribution in [2.24, 2.45) is 5.92 Å². The lowest BCUT2D eigenvalue weighted by molar-refractivity contribution is -0.329. The van der Waals surface area contributed by atoms with E-state index in [1.807, 2.05) is 0 Å². The maximum atomic E-state index is 13.3. The summed E-state index contributed by atoms with van der Waals surface area (Å²) in [6.45, 7) is -0.522. The minimum atomic E-state index is -1.62. The Morgan fingerprint density at radius 3 is 2.49 bits per heavy atom. The number of aliphatic hydroxyl groups excluding tert-OH is 6. The van der Waals surface area contributed by atoms with Crippen LogP contribution < -0.4 is 9.47 Å². The van der Waals surface area contributed by atoms with E-state index in [1.54, 1.807) is 18.2 Å². The Bertz CT molecular complexity index is 1140. The van der Waals surface area contributed by atoms with Crippen molar-refractivity contribution in [3.05, 3.63) is 30.0 Å². The van der Waals surface area contributed by atoms with Gasteiger partial charge < -0.3 is 63.8 Å². The number of rotatable bonds is 6. The van der Waals surface area contributed by atoms with Gasteiger partial charge in [-0.3, -0.25) is 4.79 Å². The molecule has 1 aromatic carbocycles. The fourth-order valence-corrected chi connectivity index (χ4v) is 5.83. The molecule has 0 spiro atoms. The standard InChI is InChI=1S/C27H34O14/c28-15-8-36-26(24(33)21(15)30)37-9-19-22(31)23(32)25(34)27(41-19)40-12-2-3-13-17(6-12)35-7-14(20(13)29)11-1-4-16-18(5-11)39-10-38-16/h1,4-5,7,12-13,15,17,19,21-28,30-34H,2-3,6,8-10H2/t12?,13?,15-,17?,19-,21+,22-,23+,24-,25-,26+,27-/m1/s1. The quantitative estimate of drug-likeness (QED) is 0.219. The zero-order chi connectivity index (χ0) is 28.8. The van der Waals surface area contributed by atoms with Gasteiger partial charge >= 0.3 is 0 Å². The van der Waals surface area contributed by atoms with Crippen molar-refractivity contribution in [3.63, 3.8) is 0 Å². The first-order chi connectivity index (χ1) is 19.7. The lowest BCUT2D eigenvalue weighted by Crippen LogP contribution is -2.61. The molecule has 0 bridgehead atoms. The summed E-state index contributed by atoms with van der Waals surface area (Å²) in [5.41, 5.74) is 1.12. The molecule has 4 heterocycles. The van der Waals surface area contributed by atoms with Crippen LogP contribution in [0, 0.1) is 5.92 Å². The van der Waals surface area contributed by atoms with Gasteiger partial charge in [-0.2, -0.15) is 0 Å². The van der Waals surface area contributed by atoms with Crippen LogP contribution in [-0.4, -0.2) is 124 Å². The largest absolute Gasteiger partial charge is 0.496 e. The van der Waals surface area contributed by atoms with E-state index in [2.05, 4.69) is 0 Å². The molecule has 0 amide bonds. The summed E-state index contributed by atoms with van der Waals surface area (Å²) in [6, 6.07) is 5.28. The zero-order valence-corrected chi connectivity index (χ0v) is 21.9. The molecule has 14 nitrogen and oxygen atoms in total. The van der Waals surface area contributed by atoms with Gasteiger partial charge in [0.15, 0.2) is 29.9 Å². The van der Waals surface area contributed by atoms with Gasteiger partial charge in [-0.05, 0) is 30.5 Å². The highest BCUT2D eigenvalue weighted by Gasteiger charge is 2.48. The minimum absolute atomic E-state index is 0.0481. The van der Waals surface area contributed by atoms with Gasteiger partial charge in [-0.15, -0.1) is 0 Å². The molecule has 12 atom stereocenters. The lowest BCUT2D eigenvalue weighted by Gasteiger charge is -2.44. The van der Waals surface area contributed by atoms with Crippen molar-refractivity contribution < 1.29 is 68.6 Å². The van der Waals surface area contributed by atoms with Gasteiger partial charge in [-0.25, -0.2) is 0 Å². The lowest BCUT2D eigenvalue weighted by atomic mass is 9.78. The monoisotopic (exact) mass is 582 g/mol. The first kappa shape index (κ1) is 28.7. The van der Waals surface area contributed by atoms with Crippen LogP contribution in [-0.2, 0) is 28.5 Å². The van der Waals surface area contributed by atoms with Crippen molar-refractivity contribution in [2.75, 3.05) is 20.0 Å². The molecule has 41 heavy (non-hydrogen) atoms. The fourth-order valence-electron chi connectivity index (χ4n) is 5.83. The van der Waals surface area contributed by atoms with Crippen LogP contribution in [0.4, 0.5) is 0 Å². The SMILES string of the molecule is O=C1C(c2ccc3c(c2)OCO3)=COC2CC(O[C@@H]3O[C@H](CO[C@@H]4OC[C@@H](O)[C@H](O)[C@H]4O)[C@@H](O)[C@H](O)[C@H]3O)CCC12. The van der Waals surface area contributed by atoms with Gasteiger partial charge in [0.05, 0.1) is 37.1 Å². The highest BCUT2D eigenvalue weighted by Crippen LogP contribution is 2.41. The summed E-state index contributed by atoms with van der Waals surface area (Å²) >= 11 is 0. The van der Waals surface area contributed by atoms with E-state index in [0.717, 1.165) is 0 Å². The Morgan fingerprint density at radius 1 is 0.878 bits per heavy atom. The summed E-state index contributed by atoms with van der Waals surface area (Å²) in [5, 5.41) is 60.9. The van der Waals surface area contributed by atoms with Crippen molar-refractivity contribution in [1.82, 2.24) is 0 Å². The predicted octanol–water partition coefficient (Wildman–Crippen LogP) is -1.83. The average Bonchev–Trinajstić information content (AvgIpc) is 3.45. The van der Waals surface area contributed by atoms with E-state index in [4.69, 9.17) is 33.2 Å². The second-order valence-electron chi connectivity index (χ2n) is 10.9. The molecule has 5 aliphatic rings. The molecular weight excluding hydrogens is 548 g/mol. The number of hydrogen-bond donors (Lipinski definition) is 6. The number of Topliss-reactive ketones (excluding diaryl/α,β-unsaturated/α-hetero) is 1. The molecule has 3 unspecified atom stereocenters. The molecule has 1 aliphatic carbocycles. The van der Waals surface area contributed by atoms with Gasteiger partial charge in [-0.1, -0.05) is 6.07 Å². The summed E-state index contributed by atoms with van der Waals surface area (Å²) in [4.78, 5) is 13.3. The number of hydrogen-bond acceptors (Lipinski definition) is 14. The molecule has 0 radical (unpaired) electrons. The summed E-state index contributed by atoms with van der Waals surface area (Å²) in [5.74, 6) is 0.748. The first-order valence-electron chi connectivity index (χ1n) is 13.6. The number of aliphatic hydroxyl groups is 6. The van der Waals surface area contributed by atoms with Crippen LogP contribution in [0.5, 0.6) is 11.5 Å². The number of carbonyl (C=O) groups excluding carboxylic acids is 1. The van der Waals surface area contributed by atoms with Crippen molar-refractivity contribution in [1.29, 1.82) is 0 Å². The molecule has 6 N–H and O–H groups in total. The van der Waals surface area contributed by atoms with Gasteiger partial charge in [0.25, 0.3) is 0 Å². The van der Waals surface area contributed by atoms with Crippen molar-refractivity contribution >= 4 is 11.4 Å². The Balaban J connectivity index is 1.06. The molecule has 1 saturated carbocycles. The number of fused-ring (bicyclic) bond motifs is 2.